The summed E-state index contributed by atoms with van der Waals surface area (Å²) in [5.74, 6) is -1.14. The molecule has 8 nitrogen and oxygen atoms in total. The summed E-state index contributed by atoms with van der Waals surface area (Å²) >= 11 is 0. The summed E-state index contributed by atoms with van der Waals surface area (Å²) in [7, 11) is 0. The van der Waals surface area contributed by atoms with Crippen molar-refractivity contribution in [2.75, 3.05) is 13.2 Å². The van der Waals surface area contributed by atoms with Gasteiger partial charge in [-0.1, -0.05) is 48.5 Å². The number of aromatic nitrogens is 2. The number of hydrogen-bond acceptors (Lipinski definition) is 6. The van der Waals surface area contributed by atoms with E-state index in [0.717, 1.165) is 21.9 Å². The first-order valence-electron chi connectivity index (χ1n) is 9.66. The van der Waals surface area contributed by atoms with E-state index in [0.29, 0.717) is 17.3 Å². The van der Waals surface area contributed by atoms with Gasteiger partial charge in [0.25, 0.3) is 0 Å². The molecule has 4 aromatic rings. The number of benzene rings is 3. The lowest BCUT2D eigenvalue weighted by molar-refractivity contribution is -0.140. The van der Waals surface area contributed by atoms with Crippen molar-refractivity contribution in [3.63, 3.8) is 0 Å². The van der Waals surface area contributed by atoms with E-state index in [1.807, 2.05) is 54.6 Å². The van der Waals surface area contributed by atoms with Gasteiger partial charge in [-0.05, 0) is 29.0 Å². The molecule has 1 aromatic heterocycles. The second-order valence-electron chi connectivity index (χ2n) is 6.87. The number of nitrogens with zero attached hydrogens (tertiary/aromatic N) is 2. The molecule has 1 heterocycles. The standard InChI is InChI=1S/C24H18N2O6/c27-22(28)13-31-19-9-8-16-10-18(7-6-17(16)11-19)24-25-20(15-4-2-1-3-5-15)12-21(26-24)32-14-23(29)30/h1-12H,13-14H2,(H,27,28)(H,29,30). The molecule has 4 rings (SSSR count). The van der Waals surface area contributed by atoms with Crippen molar-refractivity contribution < 1.29 is 29.3 Å². The van der Waals surface area contributed by atoms with Gasteiger partial charge in [0.1, 0.15) is 5.75 Å². The third kappa shape index (κ3) is 4.99. The Bertz CT molecular complexity index is 1290. The number of aliphatic carboxylic acids is 2. The lowest BCUT2D eigenvalue weighted by Crippen LogP contribution is -2.11. The topological polar surface area (TPSA) is 119 Å². The molecule has 0 spiro atoms. The Hall–Kier alpha value is -4.46. The monoisotopic (exact) mass is 430 g/mol. The van der Waals surface area contributed by atoms with Gasteiger partial charge in [-0.15, -0.1) is 0 Å². The lowest BCUT2D eigenvalue weighted by atomic mass is 10.1. The molecule has 32 heavy (non-hydrogen) atoms. The first kappa shape index (κ1) is 20.8. The van der Waals surface area contributed by atoms with Crippen LogP contribution >= 0.6 is 0 Å². The van der Waals surface area contributed by atoms with Gasteiger partial charge in [-0.3, -0.25) is 0 Å². The molecular weight excluding hydrogens is 412 g/mol. The molecule has 8 heteroatoms. The van der Waals surface area contributed by atoms with E-state index in [1.54, 1.807) is 18.2 Å². The zero-order chi connectivity index (χ0) is 22.5. The molecule has 3 aromatic carbocycles. The third-order valence-corrected chi connectivity index (χ3v) is 4.55. The predicted molar refractivity (Wildman–Crippen MR) is 117 cm³/mol. The van der Waals surface area contributed by atoms with Gasteiger partial charge in [0.05, 0.1) is 5.69 Å². The molecule has 0 saturated carbocycles. The number of fused-ring (bicyclic) bond motifs is 1. The average Bonchev–Trinajstić information content (AvgIpc) is 2.81. The van der Waals surface area contributed by atoms with Crippen LogP contribution in [0.1, 0.15) is 0 Å². The Morgan fingerprint density at radius 1 is 0.719 bits per heavy atom. The summed E-state index contributed by atoms with van der Waals surface area (Å²) in [4.78, 5) is 30.7. The number of ether oxygens (including phenoxy) is 2. The highest BCUT2D eigenvalue weighted by molar-refractivity contribution is 5.88. The van der Waals surface area contributed by atoms with Gasteiger partial charge >= 0.3 is 11.9 Å². The maximum Gasteiger partial charge on any atom is 0.341 e. The van der Waals surface area contributed by atoms with Crippen LogP contribution < -0.4 is 9.47 Å². The van der Waals surface area contributed by atoms with Crippen molar-refractivity contribution in [3.8, 4) is 34.3 Å². The fourth-order valence-corrected chi connectivity index (χ4v) is 3.12. The molecule has 0 bridgehead atoms. The van der Waals surface area contributed by atoms with Gasteiger partial charge < -0.3 is 19.7 Å². The minimum atomic E-state index is -1.10. The molecule has 160 valence electrons. The maximum atomic E-state index is 10.9. The molecule has 0 unspecified atom stereocenters. The molecule has 0 radical (unpaired) electrons. The van der Waals surface area contributed by atoms with Gasteiger partial charge in [0.15, 0.2) is 19.0 Å². The molecule has 0 saturated heterocycles. The largest absolute Gasteiger partial charge is 0.482 e. The van der Waals surface area contributed by atoms with Gasteiger partial charge in [-0.2, -0.15) is 4.98 Å². The van der Waals surface area contributed by atoms with E-state index < -0.39 is 25.2 Å². The van der Waals surface area contributed by atoms with Crippen LogP contribution in [0, 0.1) is 0 Å². The van der Waals surface area contributed by atoms with Crippen LogP contribution in [0.15, 0.2) is 72.8 Å². The predicted octanol–water partition coefficient (Wildman–Crippen LogP) is 3.89. The van der Waals surface area contributed by atoms with E-state index >= 15 is 0 Å². The highest BCUT2D eigenvalue weighted by Gasteiger charge is 2.12. The number of carboxylic acid groups (broad SMARTS) is 2. The smallest absolute Gasteiger partial charge is 0.341 e. The van der Waals surface area contributed by atoms with Crippen molar-refractivity contribution in [3.05, 3.63) is 72.8 Å². The van der Waals surface area contributed by atoms with E-state index in [1.165, 1.54) is 0 Å². The fraction of sp³-hybridized carbons (Fsp3) is 0.0833. The van der Waals surface area contributed by atoms with E-state index in [-0.39, 0.29) is 5.88 Å². The van der Waals surface area contributed by atoms with Crippen LogP contribution in [0.25, 0.3) is 33.4 Å². The molecule has 0 atom stereocenters. The number of rotatable bonds is 8. The first-order valence-corrected chi connectivity index (χ1v) is 9.66. The van der Waals surface area contributed by atoms with Gasteiger partial charge in [0, 0.05) is 17.2 Å². The van der Waals surface area contributed by atoms with Crippen LogP contribution in [0.4, 0.5) is 0 Å². The normalized spacial score (nSPS) is 10.6. The van der Waals surface area contributed by atoms with E-state index in [2.05, 4.69) is 9.97 Å². The van der Waals surface area contributed by atoms with Crippen molar-refractivity contribution in [1.29, 1.82) is 0 Å². The molecule has 0 aliphatic rings. The van der Waals surface area contributed by atoms with Crippen LogP contribution in [0.5, 0.6) is 11.6 Å². The van der Waals surface area contributed by atoms with Crippen molar-refractivity contribution >= 4 is 22.7 Å². The Balaban J connectivity index is 1.72. The Morgan fingerprint density at radius 3 is 2.16 bits per heavy atom. The van der Waals surface area contributed by atoms with E-state index in [9.17, 15) is 9.59 Å². The number of carbonyl (C=O) groups is 2. The summed E-state index contributed by atoms with van der Waals surface area (Å²) in [5, 5.41) is 19.5. The van der Waals surface area contributed by atoms with Crippen LogP contribution in [0.3, 0.4) is 0 Å². The minimum absolute atomic E-state index is 0.161. The molecule has 0 aliphatic heterocycles. The van der Waals surface area contributed by atoms with Gasteiger partial charge in [-0.25, -0.2) is 14.6 Å². The van der Waals surface area contributed by atoms with E-state index in [4.69, 9.17) is 19.7 Å². The highest BCUT2D eigenvalue weighted by Crippen LogP contribution is 2.29. The Morgan fingerprint density at radius 2 is 1.41 bits per heavy atom. The van der Waals surface area contributed by atoms with Gasteiger partial charge in [0.2, 0.25) is 5.88 Å². The number of carboxylic acids is 2. The quantitative estimate of drug-likeness (QED) is 0.432. The molecule has 0 amide bonds. The fourth-order valence-electron chi connectivity index (χ4n) is 3.12. The average molecular weight is 430 g/mol. The maximum absolute atomic E-state index is 10.9. The van der Waals surface area contributed by atoms with Crippen LogP contribution in [0.2, 0.25) is 0 Å². The third-order valence-electron chi connectivity index (χ3n) is 4.55. The second kappa shape index (κ2) is 9.13. The molecule has 2 N–H and O–H groups in total. The molecular formula is C24H18N2O6. The van der Waals surface area contributed by atoms with Crippen LogP contribution in [-0.2, 0) is 9.59 Å². The first-order chi connectivity index (χ1) is 15.5. The summed E-state index contributed by atoms with van der Waals surface area (Å²) < 4.78 is 10.6. The highest BCUT2D eigenvalue weighted by atomic mass is 16.5. The summed E-state index contributed by atoms with van der Waals surface area (Å²) in [6.45, 7) is -0.926. The van der Waals surface area contributed by atoms with Crippen molar-refractivity contribution in [2.24, 2.45) is 0 Å². The summed E-state index contributed by atoms with van der Waals surface area (Å²) in [6.07, 6.45) is 0. The number of hydrogen-bond donors (Lipinski definition) is 2. The van der Waals surface area contributed by atoms with Crippen molar-refractivity contribution in [2.45, 2.75) is 0 Å². The molecule has 0 aliphatic carbocycles. The summed E-state index contributed by atoms with van der Waals surface area (Å²) in [6, 6.07) is 21.9. The zero-order valence-corrected chi connectivity index (χ0v) is 16.8. The Kier molecular flexibility index (Phi) is 5.94. The van der Waals surface area contributed by atoms with Crippen molar-refractivity contribution in [1.82, 2.24) is 9.97 Å². The summed E-state index contributed by atoms with van der Waals surface area (Å²) in [5.41, 5.74) is 2.17. The zero-order valence-electron chi connectivity index (χ0n) is 16.8. The lowest BCUT2D eigenvalue weighted by Gasteiger charge is -2.10. The molecule has 0 fully saturated rings. The second-order valence-corrected chi connectivity index (χ2v) is 6.87. The SMILES string of the molecule is O=C(O)COc1ccc2cc(-c3nc(OCC(=O)O)cc(-c4ccccc4)n3)ccc2c1. The van der Waals surface area contributed by atoms with Crippen LogP contribution in [-0.4, -0.2) is 45.3 Å². The minimum Gasteiger partial charge on any atom is -0.482 e. The Labute approximate surface area is 182 Å².